The van der Waals surface area contributed by atoms with Gasteiger partial charge in [-0.15, -0.1) is 0 Å². The van der Waals surface area contributed by atoms with Gasteiger partial charge in [-0.05, 0) is 37.5 Å². The summed E-state index contributed by atoms with van der Waals surface area (Å²) in [5.41, 5.74) is 1.18. The molecule has 0 amide bonds. The van der Waals surface area contributed by atoms with Crippen molar-refractivity contribution in [3.63, 3.8) is 0 Å². The highest BCUT2D eigenvalue weighted by molar-refractivity contribution is 5.32. The number of para-hydroxylation sites is 1. The lowest BCUT2D eigenvalue weighted by molar-refractivity contribution is 0.474. The van der Waals surface area contributed by atoms with Gasteiger partial charge in [0.1, 0.15) is 5.75 Å². The third-order valence-electron chi connectivity index (χ3n) is 2.61. The molecular formula is C15H22O. The number of hydrogen-bond acceptors (Lipinski definition) is 1. The van der Waals surface area contributed by atoms with Gasteiger partial charge in [-0.1, -0.05) is 44.4 Å². The fourth-order valence-electron chi connectivity index (χ4n) is 1.57. The lowest BCUT2D eigenvalue weighted by atomic mass is 10.1. The second-order valence-electron chi connectivity index (χ2n) is 4.10. The first-order chi connectivity index (χ1) is 7.84. The highest BCUT2D eigenvalue weighted by atomic mass is 16.5. The smallest absolute Gasteiger partial charge is 0.129 e. The fraction of sp³-hybridized carbons (Fsp3) is 0.467. The summed E-state index contributed by atoms with van der Waals surface area (Å²) in [6.45, 7) is 4.29. The summed E-state index contributed by atoms with van der Waals surface area (Å²) in [6.07, 6.45) is 10.3. The van der Waals surface area contributed by atoms with Crippen LogP contribution in [0.3, 0.4) is 0 Å². The average molecular weight is 218 g/mol. The molecule has 0 atom stereocenters. The Morgan fingerprint density at radius 1 is 1.12 bits per heavy atom. The Kier molecular flexibility index (Phi) is 6.39. The maximum Gasteiger partial charge on any atom is 0.129 e. The maximum absolute atomic E-state index is 5.56. The van der Waals surface area contributed by atoms with Crippen molar-refractivity contribution >= 4 is 0 Å². The zero-order valence-electron chi connectivity index (χ0n) is 10.4. The first-order valence-corrected chi connectivity index (χ1v) is 6.22. The predicted molar refractivity (Wildman–Crippen MR) is 69.7 cm³/mol. The van der Waals surface area contributed by atoms with Crippen LogP contribution in [0.4, 0.5) is 0 Å². The minimum atomic E-state index is 0.951. The molecule has 0 aliphatic heterocycles. The summed E-state index contributed by atoms with van der Waals surface area (Å²) in [6, 6.07) is 8.08. The van der Waals surface area contributed by atoms with Crippen LogP contribution < -0.4 is 4.74 Å². The van der Waals surface area contributed by atoms with Crippen molar-refractivity contribution in [1.82, 2.24) is 0 Å². The molecule has 1 aromatic rings. The largest absolute Gasteiger partial charge is 0.465 e. The van der Waals surface area contributed by atoms with Gasteiger partial charge in [-0.3, -0.25) is 0 Å². The van der Waals surface area contributed by atoms with E-state index in [4.69, 9.17) is 4.74 Å². The Labute approximate surface area is 99.1 Å². The van der Waals surface area contributed by atoms with E-state index in [2.05, 4.69) is 26.0 Å². The minimum Gasteiger partial charge on any atom is -0.465 e. The SMILES string of the molecule is CCCCCCC=COc1ccccc1C. The van der Waals surface area contributed by atoms with Crippen molar-refractivity contribution < 1.29 is 4.74 Å². The molecule has 1 nitrogen and oxygen atoms in total. The van der Waals surface area contributed by atoms with Gasteiger partial charge in [-0.2, -0.15) is 0 Å². The fourth-order valence-corrected chi connectivity index (χ4v) is 1.57. The lowest BCUT2D eigenvalue weighted by Crippen LogP contribution is -1.85. The summed E-state index contributed by atoms with van der Waals surface area (Å²) >= 11 is 0. The van der Waals surface area contributed by atoms with E-state index in [1.165, 1.54) is 31.2 Å². The maximum atomic E-state index is 5.56. The van der Waals surface area contributed by atoms with Crippen LogP contribution in [0.25, 0.3) is 0 Å². The molecule has 0 saturated carbocycles. The molecule has 0 aliphatic rings. The standard InChI is InChI=1S/C15H22O/c1-3-4-5-6-7-10-13-16-15-12-9-8-11-14(15)2/h8-13H,3-7H2,1-2H3. The van der Waals surface area contributed by atoms with E-state index >= 15 is 0 Å². The van der Waals surface area contributed by atoms with Crippen LogP contribution in [0.2, 0.25) is 0 Å². The van der Waals surface area contributed by atoms with Gasteiger partial charge in [0, 0.05) is 0 Å². The molecule has 0 aliphatic carbocycles. The highest BCUT2D eigenvalue weighted by Gasteiger charge is 1.93. The van der Waals surface area contributed by atoms with E-state index in [0.29, 0.717) is 0 Å². The topological polar surface area (TPSA) is 9.23 Å². The third kappa shape index (κ3) is 5.01. The highest BCUT2D eigenvalue weighted by Crippen LogP contribution is 2.16. The second-order valence-corrected chi connectivity index (χ2v) is 4.10. The number of unbranched alkanes of at least 4 members (excludes halogenated alkanes) is 4. The van der Waals surface area contributed by atoms with Crippen LogP contribution >= 0.6 is 0 Å². The molecule has 0 unspecified atom stereocenters. The quantitative estimate of drug-likeness (QED) is 0.469. The Hall–Kier alpha value is -1.24. The van der Waals surface area contributed by atoms with Crippen molar-refractivity contribution in [3.8, 4) is 5.75 Å². The van der Waals surface area contributed by atoms with Gasteiger partial charge in [-0.25, -0.2) is 0 Å². The third-order valence-corrected chi connectivity index (χ3v) is 2.61. The number of hydrogen-bond donors (Lipinski definition) is 0. The minimum absolute atomic E-state index is 0.951. The first kappa shape index (κ1) is 12.8. The Morgan fingerprint density at radius 3 is 2.69 bits per heavy atom. The predicted octanol–water partition coefficient (Wildman–Crippen LogP) is 4.86. The summed E-state index contributed by atoms with van der Waals surface area (Å²) in [5.74, 6) is 0.951. The van der Waals surface area contributed by atoms with E-state index in [0.717, 1.165) is 12.2 Å². The summed E-state index contributed by atoms with van der Waals surface area (Å²) in [5, 5.41) is 0. The first-order valence-electron chi connectivity index (χ1n) is 6.22. The van der Waals surface area contributed by atoms with Gasteiger partial charge < -0.3 is 4.74 Å². The molecule has 0 heterocycles. The van der Waals surface area contributed by atoms with E-state index in [9.17, 15) is 0 Å². The van der Waals surface area contributed by atoms with Crippen LogP contribution in [0, 0.1) is 6.92 Å². The van der Waals surface area contributed by atoms with Crippen LogP contribution in [0.1, 0.15) is 44.6 Å². The molecule has 1 rings (SSSR count). The number of allylic oxidation sites excluding steroid dienone is 1. The Balaban J connectivity index is 2.19. The average Bonchev–Trinajstić information content (AvgIpc) is 2.30. The molecule has 0 fully saturated rings. The Morgan fingerprint density at radius 2 is 1.94 bits per heavy atom. The van der Waals surface area contributed by atoms with Crippen molar-refractivity contribution in [1.29, 1.82) is 0 Å². The molecular weight excluding hydrogens is 196 g/mol. The van der Waals surface area contributed by atoms with Crippen molar-refractivity contribution in [2.24, 2.45) is 0 Å². The van der Waals surface area contributed by atoms with E-state index < -0.39 is 0 Å². The van der Waals surface area contributed by atoms with E-state index in [-0.39, 0.29) is 0 Å². The summed E-state index contributed by atoms with van der Waals surface area (Å²) < 4.78 is 5.56. The molecule has 1 aromatic carbocycles. The van der Waals surface area contributed by atoms with Crippen molar-refractivity contribution in [2.75, 3.05) is 0 Å². The van der Waals surface area contributed by atoms with Crippen molar-refractivity contribution in [3.05, 3.63) is 42.2 Å². The Bertz CT molecular complexity index is 315. The lowest BCUT2D eigenvalue weighted by Gasteiger charge is -2.03. The number of benzene rings is 1. The molecule has 0 radical (unpaired) electrons. The number of rotatable bonds is 7. The zero-order chi connectivity index (χ0) is 11.6. The number of ether oxygens (including phenoxy) is 1. The monoisotopic (exact) mass is 218 g/mol. The molecule has 0 N–H and O–H groups in total. The molecule has 16 heavy (non-hydrogen) atoms. The van der Waals surface area contributed by atoms with Crippen LogP contribution in [0.5, 0.6) is 5.75 Å². The van der Waals surface area contributed by atoms with Gasteiger partial charge in [0.25, 0.3) is 0 Å². The van der Waals surface area contributed by atoms with Crippen molar-refractivity contribution in [2.45, 2.75) is 46.0 Å². The normalized spacial score (nSPS) is 10.9. The van der Waals surface area contributed by atoms with Crippen LogP contribution in [0.15, 0.2) is 36.6 Å². The molecule has 1 heteroatoms. The molecule has 0 bridgehead atoms. The van der Waals surface area contributed by atoms with Crippen LogP contribution in [-0.2, 0) is 0 Å². The molecule has 88 valence electrons. The zero-order valence-corrected chi connectivity index (χ0v) is 10.4. The van der Waals surface area contributed by atoms with Gasteiger partial charge in [0.2, 0.25) is 0 Å². The van der Waals surface area contributed by atoms with Crippen LogP contribution in [-0.4, -0.2) is 0 Å². The van der Waals surface area contributed by atoms with Gasteiger partial charge in [0.15, 0.2) is 0 Å². The van der Waals surface area contributed by atoms with E-state index in [1.54, 1.807) is 0 Å². The van der Waals surface area contributed by atoms with E-state index in [1.807, 2.05) is 24.5 Å². The molecule has 0 aromatic heterocycles. The summed E-state index contributed by atoms with van der Waals surface area (Å²) in [4.78, 5) is 0. The molecule has 0 spiro atoms. The number of aryl methyl sites for hydroxylation is 1. The van der Waals surface area contributed by atoms with Gasteiger partial charge in [0.05, 0.1) is 6.26 Å². The summed E-state index contributed by atoms with van der Waals surface area (Å²) in [7, 11) is 0. The second kappa shape index (κ2) is 7.98. The molecule has 0 saturated heterocycles. The van der Waals surface area contributed by atoms with Gasteiger partial charge >= 0.3 is 0 Å².